The summed E-state index contributed by atoms with van der Waals surface area (Å²) in [7, 11) is 1.63. The number of methoxy groups -OCH3 is 1. The standard InChI is InChI=1S/C17H12N2O2S/c1-20-12-6-7-13-16(8-12)21-10-15(17(13)22)19-14-5-3-2-4-11(14)9-18-19/h2-10H,1H3. The largest absolute Gasteiger partial charge is 0.497 e. The molecule has 2 heterocycles. The molecule has 2 aromatic heterocycles. The first-order chi connectivity index (χ1) is 10.8. The Labute approximate surface area is 131 Å². The molecule has 4 rings (SSSR count). The summed E-state index contributed by atoms with van der Waals surface area (Å²) in [4.78, 5) is 0. The molecule has 0 aliphatic carbocycles. The summed E-state index contributed by atoms with van der Waals surface area (Å²) in [6.45, 7) is 0. The van der Waals surface area contributed by atoms with Crippen molar-refractivity contribution < 1.29 is 9.15 Å². The highest BCUT2D eigenvalue weighted by Gasteiger charge is 2.10. The molecule has 2 aromatic carbocycles. The summed E-state index contributed by atoms with van der Waals surface area (Å²) in [5.74, 6) is 0.739. The Balaban J connectivity index is 2.00. The minimum Gasteiger partial charge on any atom is -0.497 e. The normalized spacial score (nSPS) is 11.1. The zero-order valence-corrected chi connectivity index (χ0v) is 12.6. The van der Waals surface area contributed by atoms with Crippen LogP contribution in [-0.4, -0.2) is 16.9 Å². The Bertz CT molecular complexity index is 1050. The van der Waals surface area contributed by atoms with E-state index in [9.17, 15) is 0 Å². The third-order valence-corrected chi connectivity index (χ3v) is 4.10. The van der Waals surface area contributed by atoms with E-state index in [2.05, 4.69) is 5.10 Å². The molecule has 0 spiro atoms. The van der Waals surface area contributed by atoms with E-state index in [-0.39, 0.29) is 0 Å². The third kappa shape index (κ3) is 1.90. The summed E-state index contributed by atoms with van der Waals surface area (Å²) in [5.41, 5.74) is 2.45. The van der Waals surface area contributed by atoms with E-state index in [4.69, 9.17) is 21.4 Å². The fourth-order valence-corrected chi connectivity index (χ4v) is 2.84. The van der Waals surface area contributed by atoms with Crippen LogP contribution in [0.4, 0.5) is 0 Å². The molecule has 0 fully saturated rings. The SMILES string of the molecule is COc1ccc2c(=S)c(-n3ncc4ccccc43)coc2c1. The van der Waals surface area contributed by atoms with Crippen molar-refractivity contribution in [1.82, 2.24) is 9.78 Å². The topological polar surface area (TPSA) is 40.2 Å². The van der Waals surface area contributed by atoms with Gasteiger partial charge in [0.05, 0.1) is 23.3 Å². The Kier molecular flexibility index (Phi) is 2.94. The summed E-state index contributed by atoms with van der Waals surface area (Å²) in [6, 6.07) is 13.6. The Morgan fingerprint density at radius 3 is 2.91 bits per heavy atom. The molecular weight excluding hydrogens is 296 g/mol. The Hall–Kier alpha value is -2.66. The van der Waals surface area contributed by atoms with Gasteiger partial charge in [-0.05, 0) is 18.2 Å². The molecule has 0 saturated carbocycles. The van der Waals surface area contributed by atoms with Crippen LogP contribution >= 0.6 is 12.2 Å². The lowest BCUT2D eigenvalue weighted by Gasteiger charge is -2.07. The van der Waals surface area contributed by atoms with Crippen molar-refractivity contribution in [2.24, 2.45) is 0 Å². The van der Waals surface area contributed by atoms with E-state index in [1.807, 2.05) is 53.3 Å². The second kappa shape index (κ2) is 4.96. The van der Waals surface area contributed by atoms with Crippen LogP contribution in [0.2, 0.25) is 0 Å². The predicted molar refractivity (Wildman–Crippen MR) is 88.2 cm³/mol. The van der Waals surface area contributed by atoms with Crippen molar-refractivity contribution >= 4 is 34.1 Å². The molecule has 0 atom stereocenters. The minimum atomic E-state index is 0.699. The van der Waals surface area contributed by atoms with Crippen LogP contribution in [0.5, 0.6) is 5.75 Å². The fourth-order valence-electron chi connectivity index (χ4n) is 2.54. The molecule has 0 unspecified atom stereocenters. The maximum absolute atomic E-state index is 5.73. The molecular formula is C17H12N2O2S. The summed E-state index contributed by atoms with van der Waals surface area (Å²) < 4.78 is 13.5. The molecule has 4 nitrogen and oxygen atoms in total. The van der Waals surface area contributed by atoms with Crippen molar-refractivity contribution in [2.75, 3.05) is 7.11 Å². The van der Waals surface area contributed by atoms with E-state index >= 15 is 0 Å². The first-order valence-corrected chi connectivity index (χ1v) is 7.21. The Morgan fingerprint density at radius 1 is 1.18 bits per heavy atom. The van der Waals surface area contributed by atoms with Crippen molar-refractivity contribution in [2.45, 2.75) is 0 Å². The maximum Gasteiger partial charge on any atom is 0.139 e. The lowest BCUT2D eigenvalue weighted by atomic mass is 10.2. The van der Waals surface area contributed by atoms with E-state index in [1.165, 1.54) is 0 Å². The molecule has 5 heteroatoms. The quantitative estimate of drug-likeness (QED) is 0.511. The summed E-state index contributed by atoms with van der Waals surface area (Å²) in [5, 5.41) is 6.36. The molecule has 0 aliphatic heterocycles. The lowest BCUT2D eigenvalue weighted by molar-refractivity contribution is 0.414. The lowest BCUT2D eigenvalue weighted by Crippen LogP contribution is -1.97. The smallest absolute Gasteiger partial charge is 0.139 e. The van der Waals surface area contributed by atoms with Gasteiger partial charge in [0, 0.05) is 16.8 Å². The molecule has 22 heavy (non-hydrogen) atoms. The zero-order valence-electron chi connectivity index (χ0n) is 11.8. The van der Waals surface area contributed by atoms with Crippen LogP contribution in [0.1, 0.15) is 0 Å². The highest BCUT2D eigenvalue weighted by Crippen LogP contribution is 2.27. The molecule has 4 aromatic rings. The van der Waals surface area contributed by atoms with E-state index < -0.39 is 0 Å². The number of hydrogen-bond acceptors (Lipinski definition) is 4. The molecule has 0 radical (unpaired) electrons. The number of fused-ring (bicyclic) bond motifs is 2. The van der Waals surface area contributed by atoms with Crippen molar-refractivity contribution in [1.29, 1.82) is 0 Å². The molecule has 0 amide bonds. The van der Waals surface area contributed by atoms with Gasteiger partial charge in [-0.2, -0.15) is 5.10 Å². The predicted octanol–water partition coefficient (Wildman–Crippen LogP) is 4.51. The van der Waals surface area contributed by atoms with Crippen LogP contribution in [0.3, 0.4) is 0 Å². The molecule has 0 aliphatic rings. The van der Waals surface area contributed by atoms with Gasteiger partial charge >= 0.3 is 0 Å². The number of benzene rings is 2. The highest BCUT2D eigenvalue weighted by molar-refractivity contribution is 7.71. The second-order valence-electron chi connectivity index (χ2n) is 4.93. The van der Waals surface area contributed by atoms with E-state index in [1.54, 1.807) is 13.4 Å². The summed E-state index contributed by atoms with van der Waals surface area (Å²) in [6.07, 6.45) is 3.46. The van der Waals surface area contributed by atoms with E-state index in [0.717, 1.165) is 27.7 Å². The first-order valence-electron chi connectivity index (χ1n) is 6.80. The van der Waals surface area contributed by atoms with Gasteiger partial charge in [0.2, 0.25) is 0 Å². The van der Waals surface area contributed by atoms with Gasteiger partial charge in [-0.1, -0.05) is 30.4 Å². The van der Waals surface area contributed by atoms with Crippen LogP contribution in [0.15, 0.2) is 59.3 Å². The average molecular weight is 308 g/mol. The highest BCUT2D eigenvalue weighted by atomic mass is 32.1. The van der Waals surface area contributed by atoms with Crippen LogP contribution < -0.4 is 4.74 Å². The molecule has 0 N–H and O–H groups in total. The van der Waals surface area contributed by atoms with Gasteiger partial charge in [0.1, 0.15) is 23.3 Å². The van der Waals surface area contributed by atoms with Gasteiger partial charge in [-0.25, -0.2) is 4.68 Å². The van der Waals surface area contributed by atoms with Crippen molar-refractivity contribution in [3.05, 3.63) is 59.4 Å². The number of ether oxygens (including phenoxy) is 1. The number of para-hydroxylation sites is 1. The third-order valence-electron chi connectivity index (χ3n) is 3.67. The fraction of sp³-hybridized carbons (Fsp3) is 0.0588. The molecule has 0 saturated heterocycles. The van der Waals surface area contributed by atoms with Crippen LogP contribution in [0, 0.1) is 4.51 Å². The molecule has 0 bridgehead atoms. The monoisotopic (exact) mass is 308 g/mol. The number of rotatable bonds is 2. The number of aromatic nitrogens is 2. The van der Waals surface area contributed by atoms with Crippen LogP contribution in [-0.2, 0) is 0 Å². The Morgan fingerprint density at radius 2 is 2.05 bits per heavy atom. The van der Waals surface area contributed by atoms with Gasteiger partial charge in [-0.3, -0.25) is 0 Å². The van der Waals surface area contributed by atoms with Gasteiger partial charge in [-0.15, -0.1) is 0 Å². The maximum atomic E-state index is 5.73. The first kappa shape index (κ1) is 13.0. The van der Waals surface area contributed by atoms with Crippen LogP contribution in [0.25, 0.3) is 27.6 Å². The number of nitrogens with zero attached hydrogens (tertiary/aromatic N) is 2. The average Bonchev–Trinajstić information content (AvgIpc) is 2.99. The van der Waals surface area contributed by atoms with Gasteiger partial charge in [0.25, 0.3) is 0 Å². The number of hydrogen-bond donors (Lipinski definition) is 0. The van der Waals surface area contributed by atoms with Crippen molar-refractivity contribution in [3.63, 3.8) is 0 Å². The molecule has 108 valence electrons. The van der Waals surface area contributed by atoms with Gasteiger partial charge < -0.3 is 9.15 Å². The second-order valence-corrected chi connectivity index (χ2v) is 5.34. The van der Waals surface area contributed by atoms with Gasteiger partial charge in [0.15, 0.2) is 0 Å². The summed E-state index contributed by atoms with van der Waals surface area (Å²) >= 11 is 5.62. The zero-order chi connectivity index (χ0) is 15.1. The minimum absolute atomic E-state index is 0.699. The van der Waals surface area contributed by atoms with Crippen molar-refractivity contribution in [3.8, 4) is 11.4 Å². The van der Waals surface area contributed by atoms with E-state index in [0.29, 0.717) is 10.1 Å².